The maximum atomic E-state index is 13.1. The predicted molar refractivity (Wildman–Crippen MR) is 72.6 cm³/mol. The Kier molecular flexibility index (Phi) is 3.66. The molecule has 4 nitrogen and oxygen atoms in total. The van der Waals surface area contributed by atoms with Crippen LogP contribution in [0.15, 0.2) is 42.5 Å². The molecule has 2 aromatic rings. The molecule has 0 saturated carbocycles. The highest BCUT2D eigenvalue weighted by Gasteiger charge is 2.19. The third-order valence-electron chi connectivity index (χ3n) is 2.71. The lowest BCUT2D eigenvalue weighted by Gasteiger charge is -2.19. The molecule has 0 saturated heterocycles. The third-order valence-corrected chi connectivity index (χ3v) is 2.96. The van der Waals surface area contributed by atoms with E-state index in [9.17, 15) is 14.5 Å². The summed E-state index contributed by atoms with van der Waals surface area (Å²) in [7, 11) is 1.67. The lowest BCUT2D eigenvalue weighted by atomic mass is 10.2. The summed E-state index contributed by atoms with van der Waals surface area (Å²) in [6.45, 7) is 0. The molecule has 0 aliphatic rings. The van der Waals surface area contributed by atoms with Crippen molar-refractivity contribution in [3.8, 4) is 0 Å². The molecule has 6 heteroatoms. The number of anilines is 2. The molecular weight excluding hydrogens is 271 g/mol. The molecule has 0 radical (unpaired) electrons. The van der Waals surface area contributed by atoms with Crippen LogP contribution in [0.1, 0.15) is 0 Å². The number of nitrogens with zero attached hydrogens (tertiary/aromatic N) is 2. The molecule has 0 fully saturated rings. The van der Waals surface area contributed by atoms with Crippen LogP contribution in [0.3, 0.4) is 0 Å². The number of benzene rings is 2. The first-order valence-corrected chi connectivity index (χ1v) is 5.80. The number of hydrogen-bond donors (Lipinski definition) is 0. The van der Waals surface area contributed by atoms with E-state index < -0.39 is 10.7 Å². The van der Waals surface area contributed by atoms with Gasteiger partial charge in [-0.25, -0.2) is 4.39 Å². The second-order valence-electron chi connectivity index (χ2n) is 3.93. The molecular formula is C13H10ClFN2O2. The van der Waals surface area contributed by atoms with E-state index in [4.69, 9.17) is 11.6 Å². The van der Waals surface area contributed by atoms with Gasteiger partial charge in [-0.1, -0.05) is 11.6 Å². The molecule has 0 N–H and O–H groups in total. The zero-order valence-electron chi connectivity index (χ0n) is 10.0. The highest BCUT2D eigenvalue weighted by Crippen LogP contribution is 2.33. The zero-order valence-corrected chi connectivity index (χ0v) is 10.8. The van der Waals surface area contributed by atoms with Crippen LogP contribution in [0, 0.1) is 15.9 Å². The maximum Gasteiger partial charge on any atom is 0.295 e. The van der Waals surface area contributed by atoms with Gasteiger partial charge < -0.3 is 4.90 Å². The molecule has 0 amide bonds. The quantitative estimate of drug-likeness (QED) is 0.626. The van der Waals surface area contributed by atoms with Crippen molar-refractivity contribution in [1.29, 1.82) is 0 Å². The van der Waals surface area contributed by atoms with Gasteiger partial charge in [-0.05, 0) is 36.4 Å². The molecule has 98 valence electrons. The van der Waals surface area contributed by atoms with Crippen molar-refractivity contribution in [2.24, 2.45) is 0 Å². The average Bonchev–Trinajstić information content (AvgIpc) is 2.38. The number of nitro benzene ring substituents is 1. The fourth-order valence-corrected chi connectivity index (χ4v) is 1.86. The van der Waals surface area contributed by atoms with Gasteiger partial charge in [-0.15, -0.1) is 0 Å². The van der Waals surface area contributed by atoms with Gasteiger partial charge in [0.05, 0.1) is 11.0 Å². The highest BCUT2D eigenvalue weighted by molar-refractivity contribution is 6.30. The van der Waals surface area contributed by atoms with Crippen LogP contribution >= 0.6 is 11.6 Å². The number of hydrogen-bond acceptors (Lipinski definition) is 3. The normalized spacial score (nSPS) is 10.3. The van der Waals surface area contributed by atoms with E-state index in [-0.39, 0.29) is 5.69 Å². The van der Waals surface area contributed by atoms with E-state index in [1.165, 1.54) is 12.1 Å². The van der Waals surface area contributed by atoms with Crippen molar-refractivity contribution in [2.45, 2.75) is 0 Å². The van der Waals surface area contributed by atoms with Gasteiger partial charge in [0, 0.05) is 17.8 Å². The summed E-state index contributed by atoms with van der Waals surface area (Å²) < 4.78 is 13.1. The maximum absolute atomic E-state index is 13.1. The largest absolute Gasteiger partial charge is 0.339 e. The van der Waals surface area contributed by atoms with Crippen LogP contribution in [0.25, 0.3) is 0 Å². The Labute approximate surface area is 114 Å². The minimum Gasteiger partial charge on any atom is -0.339 e. The Morgan fingerprint density at radius 2 is 1.84 bits per heavy atom. The summed E-state index contributed by atoms with van der Waals surface area (Å²) in [5.74, 6) is -0.639. The van der Waals surface area contributed by atoms with Crippen molar-refractivity contribution in [2.75, 3.05) is 11.9 Å². The average molecular weight is 281 g/mol. The van der Waals surface area contributed by atoms with Gasteiger partial charge in [-0.3, -0.25) is 10.1 Å². The molecule has 0 aromatic heterocycles. The van der Waals surface area contributed by atoms with E-state index >= 15 is 0 Å². The van der Waals surface area contributed by atoms with Gasteiger partial charge >= 0.3 is 0 Å². The molecule has 0 heterocycles. The summed E-state index contributed by atoms with van der Waals surface area (Å²) in [6, 6.07) is 10.3. The minimum atomic E-state index is -0.639. The van der Waals surface area contributed by atoms with Crippen molar-refractivity contribution in [3.05, 3.63) is 63.4 Å². The zero-order chi connectivity index (χ0) is 14.0. The first-order chi connectivity index (χ1) is 8.99. The van der Waals surface area contributed by atoms with Crippen LogP contribution < -0.4 is 4.90 Å². The Morgan fingerprint density at radius 1 is 1.21 bits per heavy atom. The van der Waals surface area contributed by atoms with E-state index in [1.54, 1.807) is 36.2 Å². The molecule has 0 unspecified atom stereocenters. The highest BCUT2D eigenvalue weighted by atomic mass is 35.5. The fourth-order valence-electron chi connectivity index (χ4n) is 1.73. The molecule has 0 spiro atoms. The lowest BCUT2D eigenvalue weighted by Crippen LogP contribution is -2.11. The monoisotopic (exact) mass is 280 g/mol. The number of nitro groups is 1. The van der Waals surface area contributed by atoms with Gasteiger partial charge in [0.15, 0.2) is 0 Å². The van der Waals surface area contributed by atoms with Crippen LogP contribution in [-0.2, 0) is 0 Å². The Hall–Kier alpha value is -2.14. The molecule has 0 aliphatic heterocycles. The summed E-state index contributed by atoms with van der Waals surface area (Å²) >= 11 is 5.79. The van der Waals surface area contributed by atoms with Crippen LogP contribution in [0.2, 0.25) is 5.02 Å². The van der Waals surface area contributed by atoms with E-state index in [1.807, 2.05) is 0 Å². The Bertz CT molecular complexity index is 617. The van der Waals surface area contributed by atoms with E-state index in [2.05, 4.69) is 0 Å². The first kappa shape index (κ1) is 13.3. The fraction of sp³-hybridized carbons (Fsp3) is 0.0769. The second-order valence-corrected chi connectivity index (χ2v) is 4.36. The Morgan fingerprint density at radius 3 is 2.42 bits per heavy atom. The van der Waals surface area contributed by atoms with Crippen molar-refractivity contribution < 1.29 is 9.31 Å². The standard InChI is InChI=1S/C13H10ClFN2O2/c1-16(11-5-2-9(14)3-6-11)12-7-4-10(15)8-13(12)17(18)19/h2-8H,1H3. The second kappa shape index (κ2) is 5.24. The molecule has 2 rings (SSSR count). The van der Waals surface area contributed by atoms with Crippen LogP contribution in [0.4, 0.5) is 21.5 Å². The summed E-state index contributed by atoms with van der Waals surface area (Å²) in [6.07, 6.45) is 0. The first-order valence-electron chi connectivity index (χ1n) is 5.42. The number of halogens is 2. The number of rotatable bonds is 3. The van der Waals surface area contributed by atoms with Gasteiger partial charge in [0.2, 0.25) is 0 Å². The lowest BCUT2D eigenvalue weighted by molar-refractivity contribution is -0.384. The van der Waals surface area contributed by atoms with Gasteiger partial charge in [0.1, 0.15) is 11.5 Å². The Balaban J connectivity index is 2.46. The SMILES string of the molecule is CN(c1ccc(Cl)cc1)c1ccc(F)cc1[N+](=O)[O-]. The van der Waals surface area contributed by atoms with Crippen molar-refractivity contribution in [1.82, 2.24) is 0 Å². The van der Waals surface area contributed by atoms with E-state index in [0.29, 0.717) is 10.7 Å². The van der Waals surface area contributed by atoms with Gasteiger partial charge in [-0.2, -0.15) is 0 Å². The molecule has 2 aromatic carbocycles. The van der Waals surface area contributed by atoms with Crippen molar-refractivity contribution >= 4 is 28.7 Å². The molecule has 0 bridgehead atoms. The van der Waals surface area contributed by atoms with E-state index in [0.717, 1.165) is 11.8 Å². The summed E-state index contributed by atoms with van der Waals surface area (Å²) in [4.78, 5) is 12.0. The summed E-state index contributed by atoms with van der Waals surface area (Å²) in [5.41, 5.74) is 0.755. The minimum absolute atomic E-state index is 0.280. The molecule has 0 atom stereocenters. The topological polar surface area (TPSA) is 46.4 Å². The van der Waals surface area contributed by atoms with Crippen LogP contribution in [0.5, 0.6) is 0 Å². The molecule has 0 aliphatic carbocycles. The third kappa shape index (κ3) is 2.82. The van der Waals surface area contributed by atoms with Crippen LogP contribution in [-0.4, -0.2) is 12.0 Å². The van der Waals surface area contributed by atoms with Gasteiger partial charge in [0.25, 0.3) is 5.69 Å². The van der Waals surface area contributed by atoms with Crippen molar-refractivity contribution in [3.63, 3.8) is 0 Å². The smallest absolute Gasteiger partial charge is 0.295 e. The summed E-state index contributed by atoms with van der Waals surface area (Å²) in [5, 5.41) is 11.5. The predicted octanol–water partition coefficient (Wildman–Crippen LogP) is 4.16. The molecule has 19 heavy (non-hydrogen) atoms.